The van der Waals surface area contributed by atoms with Crippen molar-refractivity contribution < 1.29 is 19.1 Å². The van der Waals surface area contributed by atoms with Crippen molar-refractivity contribution in [3.63, 3.8) is 0 Å². The summed E-state index contributed by atoms with van der Waals surface area (Å²) in [6, 6.07) is 6.81. The van der Waals surface area contributed by atoms with Crippen LogP contribution in [0.5, 0.6) is 5.75 Å². The normalized spacial score (nSPS) is 17.1. The standard InChI is InChI=1S/C17H25N3O4/c1-19(2)10-4-9-18-16(21)15-12-24-17(22)20(15)11-13-5-7-14(23-3)8-6-13/h5-8,15H,4,9-12H2,1-3H3,(H,18,21)/t15-/m0/s1. The van der Waals surface area contributed by atoms with Crippen molar-refractivity contribution in [1.29, 1.82) is 0 Å². The Morgan fingerprint density at radius 1 is 1.38 bits per heavy atom. The third kappa shape index (κ3) is 4.86. The van der Waals surface area contributed by atoms with Crippen LogP contribution in [-0.4, -0.2) is 68.7 Å². The third-order valence-corrected chi connectivity index (χ3v) is 3.87. The van der Waals surface area contributed by atoms with Gasteiger partial charge in [0.25, 0.3) is 0 Å². The van der Waals surface area contributed by atoms with Crippen molar-refractivity contribution >= 4 is 12.0 Å². The van der Waals surface area contributed by atoms with Crippen molar-refractivity contribution in [3.8, 4) is 5.75 Å². The Morgan fingerprint density at radius 2 is 2.08 bits per heavy atom. The van der Waals surface area contributed by atoms with E-state index in [0.29, 0.717) is 13.1 Å². The number of hydrogen-bond donors (Lipinski definition) is 1. The highest BCUT2D eigenvalue weighted by atomic mass is 16.6. The number of carbonyl (C=O) groups excluding carboxylic acids is 2. The van der Waals surface area contributed by atoms with Gasteiger partial charge in [-0.15, -0.1) is 0 Å². The predicted molar refractivity (Wildman–Crippen MR) is 89.9 cm³/mol. The average molecular weight is 335 g/mol. The summed E-state index contributed by atoms with van der Waals surface area (Å²) < 4.78 is 10.2. The minimum Gasteiger partial charge on any atom is -0.497 e. The van der Waals surface area contributed by atoms with E-state index in [0.717, 1.165) is 24.3 Å². The summed E-state index contributed by atoms with van der Waals surface area (Å²) in [6.45, 7) is 1.90. The minimum absolute atomic E-state index is 0.0918. The maximum absolute atomic E-state index is 12.3. The van der Waals surface area contributed by atoms with E-state index in [4.69, 9.17) is 9.47 Å². The van der Waals surface area contributed by atoms with Crippen LogP contribution in [0.25, 0.3) is 0 Å². The summed E-state index contributed by atoms with van der Waals surface area (Å²) >= 11 is 0. The number of nitrogens with zero attached hydrogens (tertiary/aromatic N) is 2. The first kappa shape index (κ1) is 18.1. The lowest BCUT2D eigenvalue weighted by Crippen LogP contribution is -2.45. The molecule has 0 aliphatic carbocycles. The first-order chi connectivity index (χ1) is 11.5. The Labute approximate surface area is 142 Å². The second-order valence-electron chi connectivity index (χ2n) is 6.02. The Kier molecular flexibility index (Phi) is 6.43. The molecule has 0 spiro atoms. The van der Waals surface area contributed by atoms with Gasteiger partial charge < -0.3 is 19.7 Å². The fourth-order valence-corrected chi connectivity index (χ4v) is 2.49. The van der Waals surface area contributed by atoms with Gasteiger partial charge in [0.2, 0.25) is 5.91 Å². The topological polar surface area (TPSA) is 71.1 Å². The molecule has 1 N–H and O–H groups in total. The lowest BCUT2D eigenvalue weighted by atomic mass is 10.1. The van der Waals surface area contributed by atoms with Crippen LogP contribution in [0.2, 0.25) is 0 Å². The number of nitrogens with one attached hydrogen (secondary N) is 1. The van der Waals surface area contributed by atoms with Crippen molar-refractivity contribution in [1.82, 2.24) is 15.1 Å². The zero-order valence-electron chi connectivity index (χ0n) is 14.4. The number of cyclic esters (lactones) is 1. The monoisotopic (exact) mass is 335 g/mol. The highest BCUT2D eigenvalue weighted by Gasteiger charge is 2.37. The summed E-state index contributed by atoms with van der Waals surface area (Å²) in [5.74, 6) is 0.575. The molecule has 1 aromatic rings. The molecule has 1 saturated heterocycles. The zero-order chi connectivity index (χ0) is 17.5. The number of benzene rings is 1. The highest BCUT2D eigenvalue weighted by Crippen LogP contribution is 2.19. The molecule has 132 valence electrons. The molecule has 1 aliphatic heterocycles. The predicted octanol–water partition coefficient (Wildman–Crippen LogP) is 1.08. The molecular weight excluding hydrogens is 310 g/mol. The number of rotatable bonds is 8. The molecule has 1 heterocycles. The summed E-state index contributed by atoms with van der Waals surface area (Å²) in [5, 5.41) is 2.88. The van der Waals surface area contributed by atoms with Gasteiger partial charge >= 0.3 is 6.09 Å². The fourth-order valence-electron chi connectivity index (χ4n) is 2.49. The van der Waals surface area contributed by atoms with E-state index in [1.807, 2.05) is 38.4 Å². The summed E-state index contributed by atoms with van der Waals surface area (Å²) in [7, 11) is 5.58. The third-order valence-electron chi connectivity index (χ3n) is 3.87. The van der Waals surface area contributed by atoms with Crippen molar-refractivity contribution in [2.24, 2.45) is 0 Å². The van der Waals surface area contributed by atoms with Gasteiger partial charge in [0.1, 0.15) is 18.4 Å². The Balaban J connectivity index is 1.91. The first-order valence-corrected chi connectivity index (χ1v) is 8.00. The summed E-state index contributed by atoms with van der Waals surface area (Å²) in [5.41, 5.74) is 0.917. The molecule has 1 atom stereocenters. The van der Waals surface area contributed by atoms with Crippen LogP contribution < -0.4 is 10.1 Å². The molecule has 7 heteroatoms. The van der Waals surface area contributed by atoms with Gasteiger partial charge in [-0.1, -0.05) is 12.1 Å². The van der Waals surface area contributed by atoms with Crippen LogP contribution in [0.1, 0.15) is 12.0 Å². The molecule has 0 radical (unpaired) electrons. The number of carbonyl (C=O) groups is 2. The quantitative estimate of drug-likeness (QED) is 0.720. The molecule has 0 unspecified atom stereocenters. The SMILES string of the molecule is COc1ccc(CN2C(=O)OC[C@H]2C(=O)NCCCN(C)C)cc1. The average Bonchev–Trinajstić information content (AvgIpc) is 2.93. The van der Waals surface area contributed by atoms with E-state index in [1.165, 1.54) is 4.90 Å². The summed E-state index contributed by atoms with van der Waals surface area (Å²) in [6.07, 6.45) is 0.401. The van der Waals surface area contributed by atoms with Crippen LogP contribution in [0, 0.1) is 0 Å². The molecular formula is C17H25N3O4. The van der Waals surface area contributed by atoms with Crippen LogP contribution in [0.15, 0.2) is 24.3 Å². The van der Waals surface area contributed by atoms with Crippen LogP contribution >= 0.6 is 0 Å². The fraction of sp³-hybridized carbons (Fsp3) is 0.529. The number of hydrogen-bond acceptors (Lipinski definition) is 5. The van der Waals surface area contributed by atoms with E-state index in [2.05, 4.69) is 10.2 Å². The molecule has 24 heavy (non-hydrogen) atoms. The number of ether oxygens (including phenoxy) is 2. The Morgan fingerprint density at radius 3 is 2.71 bits per heavy atom. The van der Waals surface area contributed by atoms with E-state index in [9.17, 15) is 9.59 Å². The second kappa shape index (κ2) is 8.54. The van der Waals surface area contributed by atoms with Crippen molar-refractivity contribution in [2.45, 2.75) is 19.0 Å². The maximum Gasteiger partial charge on any atom is 0.410 e. The first-order valence-electron chi connectivity index (χ1n) is 8.00. The smallest absolute Gasteiger partial charge is 0.410 e. The van der Waals surface area contributed by atoms with Gasteiger partial charge in [0.05, 0.1) is 13.7 Å². The Bertz CT molecular complexity index is 559. The molecule has 0 saturated carbocycles. The van der Waals surface area contributed by atoms with E-state index in [-0.39, 0.29) is 12.5 Å². The van der Waals surface area contributed by atoms with E-state index >= 15 is 0 Å². The van der Waals surface area contributed by atoms with Gasteiger partial charge in [-0.05, 0) is 44.8 Å². The lowest BCUT2D eigenvalue weighted by Gasteiger charge is -2.21. The molecule has 7 nitrogen and oxygen atoms in total. The van der Waals surface area contributed by atoms with Crippen molar-refractivity contribution in [2.75, 3.05) is 40.9 Å². The van der Waals surface area contributed by atoms with Gasteiger partial charge in [0, 0.05) is 6.54 Å². The largest absolute Gasteiger partial charge is 0.497 e. The van der Waals surface area contributed by atoms with Gasteiger partial charge in [-0.3, -0.25) is 9.69 Å². The van der Waals surface area contributed by atoms with Crippen LogP contribution in [0.4, 0.5) is 4.79 Å². The number of amides is 2. The molecule has 1 aromatic carbocycles. The second-order valence-corrected chi connectivity index (χ2v) is 6.02. The van der Waals surface area contributed by atoms with E-state index < -0.39 is 12.1 Å². The molecule has 1 aliphatic rings. The van der Waals surface area contributed by atoms with Gasteiger partial charge in [-0.2, -0.15) is 0 Å². The maximum atomic E-state index is 12.3. The molecule has 2 amide bonds. The molecule has 1 fully saturated rings. The van der Waals surface area contributed by atoms with Gasteiger partial charge in [0.15, 0.2) is 0 Å². The highest BCUT2D eigenvalue weighted by molar-refractivity contribution is 5.87. The van der Waals surface area contributed by atoms with Crippen LogP contribution in [0.3, 0.4) is 0 Å². The molecule has 0 bridgehead atoms. The minimum atomic E-state index is -0.584. The molecule has 0 aromatic heterocycles. The molecule has 2 rings (SSSR count). The zero-order valence-corrected chi connectivity index (χ0v) is 14.4. The van der Waals surface area contributed by atoms with Crippen molar-refractivity contribution in [3.05, 3.63) is 29.8 Å². The number of methoxy groups -OCH3 is 1. The Hall–Kier alpha value is -2.28. The van der Waals surface area contributed by atoms with Crippen LogP contribution in [-0.2, 0) is 16.1 Å². The van der Waals surface area contributed by atoms with E-state index in [1.54, 1.807) is 7.11 Å². The summed E-state index contributed by atoms with van der Waals surface area (Å²) in [4.78, 5) is 27.8. The lowest BCUT2D eigenvalue weighted by molar-refractivity contribution is -0.125. The van der Waals surface area contributed by atoms with Gasteiger partial charge in [-0.25, -0.2) is 4.79 Å².